The zero-order valence-corrected chi connectivity index (χ0v) is 11.5. The standard InChI is InChI=1S/C10H6BrClN4O3/c11-5-2-1-4(3-6(5)12)15-16-7-8(17)13-10(19)14-9(7)18/h1-3H,(H3,13,14,17,18,19). The SMILES string of the molecule is O=c1[nH]c(O)c(N=Nc2ccc(Br)c(Cl)c2)c(=O)[nH]1. The van der Waals surface area contributed by atoms with E-state index in [0.29, 0.717) is 15.2 Å². The molecule has 0 unspecified atom stereocenters. The van der Waals surface area contributed by atoms with Crippen LogP contribution in [0.2, 0.25) is 5.02 Å². The van der Waals surface area contributed by atoms with E-state index in [1.165, 1.54) is 6.07 Å². The molecule has 3 N–H and O–H groups in total. The monoisotopic (exact) mass is 344 g/mol. The third-order valence-corrected chi connectivity index (χ3v) is 3.30. The molecule has 0 radical (unpaired) electrons. The first-order valence-corrected chi connectivity index (χ1v) is 6.07. The molecule has 98 valence electrons. The van der Waals surface area contributed by atoms with Crippen LogP contribution in [0.15, 0.2) is 42.5 Å². The number of H-pyrrole nitrogens is 2. The van der Waals surface area contributed by atoms with Crippen molar-refractivity contribution in [3.8, 4) is 5.88 Å². The van der Waals surface area contributed by atoms with E-state index >= 15 is 0 Å². The lowest BCUT2D eigenvalue weighted by Crippen LogP contribution is -2.20. The number of rotatable bonds is 2. The molecule has 9 heteroatoms. The molecule has 0 aliphatic carbocycles. The maximum Gasteiger partial charge on any atom is 0.328 e. The molecule has 2 aromatic rings. The Morgan fingerprint density at radius 3 is 2.58 bits per heavy atom. The Labute approximate surface area is 119 Å². The molecular formula is C10H6BrClN4O3. The van der Waals surface area contributed by atoms with Crippen molar-refractivity contribution in [3.05, 3.63) is 48.5 Å². The van der Waals surface area contributed by atoms with E-state index < -0.39 is 22.8 Å². The third-order valence-electron chi connectivity index (χ3n) is 2.07. The van der Waals surface area contributed by atoms with E-state index in [0.717, 1.165) is 0 Å². The minimum absolute atomic E-state index is 0.387. The second-order valence-electron chi connectivity index (χ2n) is 3.40. The Morgan fingerprint density at radius 1 is 1.21 bits per heavy atom. The highest BCUT2D eigenvalue weighted by atomic mass is 79.9. The molecule has 0 amide bonds. The van der Waals surface area contributed by atoms with Crippen LogP contribution in [0, 0.1) is 0 Å². The van der Waals surface area contributed by atoms with E-state index in [2.05, 4.69) is 26.2 Å². The van der Waals surface area contributed by atoms with Gasteiger partial charge in [-0.2, -0.15) is 5.11 Å². The lowest BCUT2D eigenvalue weighted by molar-refractivity contribution is 0.450. The number of aromatic nitrogens is 2. The number of hydrogen-bond acceptors (Lipinski definition) is 5. The first-order valence-electron chi connectivity index (χ1n) is 4.90. The van der Waals surface area contributed by atoms with E-state index in [9.17, 15) is 14.7 Å². The van der Waals surface area contributed by atoms with E-state index in [4.69, 9.17) is 11.6 Å². The number of benzene rings is 1. The van der Waals surface area contributed by atoms with Gasteiger partial charge in [-0.25, -0.2) is 4.79 Å². The van der Waals surface area contributed by atoms with Gasteiger partial charge in [0.1, 0.15) is 0 Å². The Morgan fingerprint density at radius 2 is 1.95 bits per heavy atom. The molecule has 0 aliphatic rings. The molecule has 19 heavy (non-hydrogen) atoms. The van der Waals surface area contributed by atoms with Gasteiger partial charge < -0.3 is 5.11 Å². The molecule has 0 bridgehead atoms. The molecule has 1 aromatic heterocycles. The number of azo groups is 1. The van der Waals surface area contributed by atoms with Gasteiger partial charge in [0.25, 0.3) is 5.56 Å². The van der Waals surface area contributed by atoms with Crippen LogP contribution < -0.4 is 11.2 Å². The summed E-state index contributed by atoms with van der Waals surface area (Å²) in [5.41, 5.74) is -1.67. The van der Waals surface area contributed by atoms with E-state index in [1.807, 2.05) is 9.97 Å². The van der Waals surface area contributed by atoms with Crippen molar-refractivity contribution in [3.63, 3.8) is 0 Å². The normalized spacial score (nSPS) is 11.1. The summed E-state index contributed by atoms with van der Waals surface area (Å²) < 4.78 is 0.692. The van der Waals surface area contributed by atoms with Crippen LogP contribution in [-0.2, 0) is 0 Å². The molecule has 1 heterocycles. The van der Waals surface area contributed by atoms with Gasteiger partial charge in [0.2, 0.25) is 11.6 Å². The Kier molecular flexibility index (Phi) is 3.82. The molecular weight excluding hydrogens is 339 g/mol. The predicted molar refractivity (Wildman–Crippen MR) is 72.7 cm³/mol. The smallest absolute Gasteiger partial charge is 0.328 e. The largest absolute Gasteiger partial charge is 0.493 e. The number of halogens is 2. The van der Waals surface area contributed by atoms with Gasteiger partial charge in [-0.1, -0.05) is 11.6 Å². The van der Waals surface area contributed by atoms with Gasteiger partial charge >= 0.3 is 5.69 Å². The number of aromatic hydroxyl groups is 1. The Hall–Kier alpha value is -1.93. The quantitative estimate of drug-likeness (QED) is 0.727. The van der Waals surface area contributed by atoms with Crippen LogP contribution in [-0.4, -0.2) is 15.1 Å². The molecule has 0 aliphatic heterocycles. The van der Waals surface area contributed by atoms with Crippen molar-refractivity contribution in [2.24, 2.45) is 10.2 Å². The van der Waals surface area contributed by atoms with Crippen molar-refractivity contribution < 1.29 is 5.11 Å². The summed E-state index contributed by atoms with van der Waals surface area (Å²) in [5.74, 6) is -0.652. The fraction of sp³-hybridized carbons (Fsp3) is 0. The van der Waals surface area contributed by atoms with Gasteiger partial charge in [0.15, 0.2) is 0 Å². The van der Waals surface area contributed by atoms with Crippen LogP contribution in [0.25, 0.3) is 0 Å². The number of hydrogen-bond donors (Lipinski definition) is 3. The van der Waals surface area contributed by atoms with Crippen LogP contribution in [0.5, 0.6) is 5.88 Å². The van der Waals surface area contributed by atoms with E-state index in [1.54, 1.807) is 12.1 Å². The van der Waals surface area contributed by atoms with Gasteiger partial charge in [-0.15, -0.1) is 5.11 Å². The van der Waals surface area contributed by atoms with Gasteiger partial charge in [-0.05, 0) is 34.1 Å². The van der Waals surface area contributed by atoms with Crippen LogP contribution in [0.3, 0.4) is 0 Å². The Bertz CT molecular complexity index is 768. The maximum absolute atomic E-state index is 11.4. The third kappa shape index (κ3) is 3.09. The fourth-order valence-corrected chi connectivity index (χ4v) is 1.64. The molecule has 0 saturated carbocycles. The van der Waals surface area contributed by atoms with Crippen molar-refractivity contribution in [2.45, 2.75) is 0 Å². The van der Waals surface area contributed by atoms with Crippen molar-refractivity contribution in [1.82, 2.24) is 9.97 Å². The van der Waals surface area contributed by atoms with Gasteiger partial charge in [0, 0.05) is 4.47 Å². The maximum atomic E-state index is 11.4. The lowest BCUT2D eigenvalue weighted by atomic mass is 10.3. The molecule has 2 rings (SSSR count). The zero-order chi connectivity index (χ0) is 14.0. The minimum Gasteiger partial charge on any atom is -0.493 e. The molecule has 0 atom stereocenters. The summed E-state index contributed by atoms with van der Waals surface area (Å²) in [5, 5.41) is 17.1. The molecule has 0 fully saturated rings. The van der Waals surface area contributed by atoms with Crippen LogP contribution >= 0.6 is 27.5 Å². The highest BCUT2D eigenvalue weighted by Crippen LogP contribution is 2.28. The average Bonchev–Trinajstić information content (AvgIpc) is 2.32. The second-order valence-corrected chi connectivity index (χ2v) is 4.67. The number of aromatic amines is 2. The van der Waals surface area contributed by atoms with Crippen LogP contribution in [0.1, 0.15) is 0 Å². The highest BCUT2D eigenvalue weighted by molar-refractivity contribution is 9.10. The summed E-state index contributed by atoms with van der Waals surface area (Å²) in [6.45, 7) is 0. The summed E-state index contributed by atoms with van der Waals surface area (Å²) >= 11 is 9.08. The Balaban J connectivity index is 2.40. The summed E-state index contributed by atoms with van der Waals surface area (Å²) in [4.78, 5) is 26.1. The lowest BCUT2D eigenvalue weighted by Gasteiger charge is -1.97. The summed E-state index contributed by atoms with van der Waals surface area (Å²) in [6.07, 6.45) is 0. The summed E-state index contributed by atoms with van der Waals surface area (Å²) in [6, 6.07) is 4.79. The molecule has 7 nitrogen and oxygen atoms in total. The summed E-state index contributed by atoms with van der Waals surface area (Å²) in [7, 11) is 0. The van der Waals surface area contributed by atoms with Gasteiger partial charge in [0.05, 0.1) is 10.7 Å². The highest BCUT2D eigenvalue weighted by Gasteiger charge is 2.07. The first-order chi connectivity index (χ1) is 8.97. The number of nitrogens with one attached hydrogen (secondary N) is 2. The van der Waals surface area contributed by atoms with Crippen LogP contribution in [0.4, 0.5) is 11.4 Å². The fourth-order valence-electron chi connectivity index (χ4n) is 1.22. The molecule has 0 saturated heterocycles. The van der Waals surface area contributed by atoms with Crippen molar-refractivity contribution in [2.75, 3.05) is 0 Å². The zero-order valence-electron chi connectivity index (χ0n) is 9.15. The van der Waals surface area contributed by atoms with E-state index in [-0.39, 0.29) is 0 Å². The van der Waals surface area contributed by atoms with Crippen molar-refractivity contribution >= 4 is 38.9 Å². The minimum atomic E-state index is -0.840. The predicted octanol–water partition coefficient (Wildman–Crippen LogP) is 2.60. The second kappa shape index (κ2) is 5.37. The first kappa shape index (κ1) is 13.5. The van der Waals surface area contributed by atoms with Crippen molar-refractivity contribution in [1.29, 1.82) is 0 Å². The number of nitrogens with zero attached hydrogens (tertiary/aromatic N) is 2. The molecule has 1 aromatic carbocycles. The average molecular weight is 346 g/mol. The van der Waals surface area contributed by atoms with Gasteiger partial charge in [-0.3, -0.25) is 14.8 Å². The topological polar surface area (TPSA) is 111 Å². The molecule has 0 spiro atoms.